The van der Waals surface area contributed by atoms with E-state index in [1.165, 1.54) is 18.4 Å². The van der Waals surface area contributed by atoms with Crippen LogP contribution in [0.4, 0.5) is 0 Å². The summed E-state index contributed by atoms with van der Waals surface area (Å²) in [6, 6.07) is 10.4. The van der Waals surface area contributed by atoms with Crippen molar-refractivity contribution in [3.8, 4) is 5.75 Å². The first-order chi connectivity index (χ1) is 15.4. The van der Waals surface area contributed by atoms with Crippen LogP contribution >= 0.6 is 11.3 Å². The van der Waals surface area contributed by atoms with E-state index < -0.39 is 12.0 Å². The number of allylic oxidation sites excluding steroid dienone is 1. The second-order valence-corrected chi connectivity index (χ2v) is 8.42. The smallest absolute Gasteiger partial charge is 0.338 e. The van der Waals surface area contributed by atoms with E-state index in [9.17, 15) is 9.59 Å². The van der Waals surface area contributed by atoms with Gasteiger partial charge in [0.1, 0.15) is 23.3 Å². The third kappa shape index (κ3) is 3.93. The molecule has 1 aliphatic rings. The predicted octanol–water partition coefficient (Wildman–Crippen LogP) is 3.10. The molecule has 2 aromatic heterocycles. The number of carbonyl (C=O) groups excluding carboxylic acids is 1. The number of hydrogen-bond donors (Lipinski definition) is 0. The molecule has 0 N–H and O–H groups in total. The summed E-state index contributed by atoms with van der Waals surface area (Å²) in [5.41, 5.74) is 1.27. The van der Waals surface area contributed by atoms with Crippen LogP contribution in [0.25, 0.3) is 6.08 Å². The fraction of sp³-hybridized carbons (Fsp3) is 0.292. The van der Waals surface area contributed by atoms with Gasteiger partial charge in [-0.15, -0.1) is 0 Å². The van der Waals surface area contributed by atoms with Crippen molar-refractivity contribution in [2.24, 2.45) is 4.99 Å². The molecule has 32 heavy (non-hydrogen) atoms. The van der Waals surface area contributed by atoms with Gasteiger partial charge in [-0.05, 0) is 38.5 Å². The van der Waals surface area contributed by atoms with Crippen LogP contribution in [0.2, 0.25) is 0 Å². The number of aromatic nitrogens is 1. The lowest BCUT2D eigenvalue weighted by Gasteiger charge is -2.26. The Hall–Kier alpha value is -3.39. The molecule has 0 fully saturated rings. The number of furan rings is 1. The summed E-state index contributed by atoms with van der Waals surface area (Å²) in [6.07, 6.45) is 2.53. The average molecular weight is 453 g/mol. The van der Waals surface area contributed by atoms with Gasteiger partial charge < -0.3 is 13.9 Å². The first-order valence-corrected chi connectivity index (χ1v) is 11.1. The summed E-state index contributed by atoms with van der Waals surface area (Å²) < 4.78 is 18.6. The van der Waals surface area contributed by atoms with E-state index in [0.29, 0.717) is 44.3 Å². The van der Waals surface area contributed by atoms with Crippen molar-refractivity contribution < 1.29 is 18.7 Å². The molecule has 3 aromatic rings. The fourth-order valence-corrected chi connectivity index (χ4v) is 4.72. The number of hydrogen-bond acceptors (Lipinski definition) is 7. The van der Waals surface area contributed by atoms with E-state index in [1.54, 1.807) is 17.6 Å². The van der Waals surface area contributed by atoms with E-state index in [4.69, 9.17) is 13.9 Å². The molecule has 1 atom stereocenters. The molecule has 0 radical (unpaired) electrons. The second kappa shape index (κ2) is 9.00. The average Bonchev–Trinajstić information content (AvgIpc) is 3.33. The first-order valence-electron chi connectivity index (χ1n) is 10.3. The lowest BCUT2D eigenvalue weighted by atomic mass is 9.95. The van der Waals surface area contributed by atoms with E-state index in [2.05, 4.69) is 4.99 Å². The van der Waals surface area contributed by atoms with Crippen LogP contribution in [0, 0.1) is 6.92 Å². The van der Waals surface area contributed by atoms with Gasteiger partial charge in [-0.2, -0.15) is 0 Å². The van der Waals surface area contributed by atoms with Crippen LogP contribution in [0.5, 0.6) is 5.75 Å². The minimum Gasteiger partial charge on any atom is -0.493 e. The molecular weight excluding hydrogens is 428 g/mol. The Kier molecular flexibility index (Phi) is 6.14. The van der Waals surface area contributed by atoms with E-state index in [-0.39, 0.29) is 5.56 Å². The Morgan fingerprint density at radius 2 is 2.03 bits per heavy atom. The third-order valence-corrected chi connectivity index (χ3v) is 6.12. The highest BCUT2D eigenvalue weighted by Crippen LogP contribution is 2.35. The molecule has 3 heterocycles. The van der Waals surface area contributed by atoms with Crippen molar-refractivity contribution in [1.82, 2.24) is 4.57 Å². The van der Waals surface area contributed by atoms with Gasteiger partial charge in [0.25, 0.3) is 5.56 Å². The Bertz CT molecular complexity index is 1380. The van der Waals surface area contributed by atoms with E-state index >= 15 is 0 Å². The van der Waals surface area contributed by atoms with Crippen molar-refractivity contribution in [3.63, 3.8) is 0 Å². The summed E-state index contributed by atoms with van der Waals surface area (Å²) in [6.45, 7) is 6.14. The predicted molar refractivity (Wildman–Crippen MR) is 121 cm³/mol. The largest absolute Gasteiger partial charge is 0.493 e. The molecule has 166 valence electrons. The van der Waals surface area contributed by atoms with Crippen LogP contribution in [0.15, 0.2) is 61.9 Å². The standard InChI is InChI=1S/C24H24N2O5S/c1-5-12-30-18-9-7-6-8-17(18)21-20(23(28)29-4)15(3)25-24-26(21)22(27)19(32-24)13-16-11-10-14(2)31-16/h6-11,13,21H,5,12H2,1-4H3/b19-13-/t21-/m1/s1. The van der Waals surface area contributed by atoms with Gasteiger partial charge in [0, 0.05) is 11.6 Å². The van der Waals surface area contributed by atoms with Crippen LogP contribution in [0.1, 0.15) is 43.4 Å². The molecule has 0 aliphatic carbocycles. The fourth-order valence-electron chi connectivity index (χ4n) is 3.70. The lowest BCUT2D eigenvalue weighted by molar-refractivity contribution is -0.136. The van der Waals surface area contributed by atoms with Crippen molar-refractivity contribution in [1.29, 1.82) is 0 Å². The molecule has 1 aliphatic heterocycles. The number of aryl methyl sites for hydroxylation is 1. The van der Waals surface area contributed by atoms with Crippen molar-refractivity contribution in [2.45, 2.75) is 33.2 Å². The van der Waals surface area contributed by atoms with Crippen molar-refractivity contribution in [3.05, 3.63) is 84.4 Å². The Labute approximate surface area is 188 Å². The topological polar surface area (TPSA) is 83.0 Å². The van der Waals surface area contributed by atoms with Gasteiger partial charge in [0.05, 0.1) is 29.5 Å². The molecule has 0 bridgehead atoms. The number of fused-ring (bicyclic) bond motifs is 1. The molecule has 0 amide bonds. The maximum absolute atomic E-state index is 13.5. The number of carbonyl (C=O) groups is 1. The molecule has 0 saturated heterocycles. The van der Waals surface area contributed by atoms with Gasteiger partial charge in [0.2, 0.25) is 0 Å². The molecule has 0 saturated carbocycles. The number of nitrogens with zero attached hydrogens (tertiary/aromatic N) is 2. The Balaban J connectivity index is 1.98. The van der Waals surface area contributed by atoms with Crippen LogP contribution in [-0.2, 0) is 9.53 Å². The molecule has 0 spiro atoms. The Morgan fingerprint density at radius 1 is 1.25 bits per heavy atom. The summed E-state index contributed by atoms with van der Waals surface area (Å²) in [7, 11) is 1.32. The van der Waals surface area contributed by atoms with Crippen LogP contribution < -0.4 is 19.6 Å². The molecule has 7 nitrogen and oxygen atoms in total. The first kappa shape index (κ1) is 21.8. The number of rotatable bonds is 6. The maximum Gasteiger partial charge on any atom is 0.338 e. The maximum atomic E-state index is 13.5. The second-order valence-electron chi connectivity index (χ2n) is 7.41. The molecule has 1 aromatic carbocycles. The number of esters is 1. The number of methoxy groups -OCH3 is 1. The van der Waals surface area contributed by atoms with Crippen molar-refractivity contribution >= 4 is 23.4 Å². The third-order valence-electron chi connectivity index (χ3n) is 5.14. The SMILES string of the molecule is CCCOc1ccccc1[C@@H]1C(C(=O)OC)=C(C)N=c2s/c(=C\c3ccc(C)o3)c(=O)n21. The number of thiazole rings is 1. The highest BCUT2D eigenvalue weighted by Gasteiger charge is 2.34. The highest BCUT2D eigenvalue weighted by atomic mass is 32.1. The monoisotopic (exact) mass is 452 g/mol. The van der Waals surface area contributed by atoms with Gasteiger partial charge in [-0.25, -0.2) is 9.79 Å². The summed E-state index contributed by atoms with van der Waals surface area (Å²) in [5.74, 6) is 1.43. The van der Waals surface area contributed by atoms with Crippen LogP contribution in [0.3, 0.4) is 0 Å². The molecule has 8 heteroatoms. The van der Waals surface area contributed by atoms with Crippen molar-refractivity contribution in [2.75, 3.05) is 13.7 Å². The van der Waals surface area contributed by atoms with Gasteiger partial charge in [-0.3, -0.25) is 9.36 Å². The molecule has 4 rings (SSSR count). The molecule has 0 unspecified atom stereocenters. The van der Waals surface area contributed by atoms with E-state index in [0.717, 1.165) is 12.2 Å². The molecular formula is C24H24N2O5S. The minimum absolute atomic E-state index is 0.257. The normalized spacial score (nSPS) is 16.0. The highest BCUT2D eigenvalue weighted by molar-refractivity contribution is 7.07. The summed E-state index contributed by atoms with van der Waals surface area (Å²) in [5, 5.41) is 0. The quantitative estimate of drug-likeness (QED) is 0.537. The zero-order valence-electron chi connectivity index (χ0n) is 18.4. The number of benzene rings is 1. The van der Waals surface area contributed by atoms with Gasteiger partial charge in [-0.1, -0.05) is 36.5 Å². The summed E-state index contributed by atoms with van der Waals surface area (Å²) >= 11 is 1.25. The lowest BCUT2D eigenvalue weighted by Crippen LogP contribution is -2.40. The number of ether oxygens (including phenoxy) is 2. The summed E-state index contributed by atoms with van der Waals surface area (Å²) in [4.78, 5) is 31.4. The Morgan fingerprint density at radius 3 is 2.72 bits per heavy atom. The number of para-hydroxylation sites is 1. The zero-order chi connectivity index (χ0) is 22.8. The van der Waals surface area contributed by atoms with Gasteiger partial charge in [0.15, 0.2) is 4.80 Å². The van der Waals surface area contributed by atoms with E-state index in [1.807, 2.05) is 50.2 Å². The minimum atomic E-state index is -0.716. The van der Waals surface area contributed by atoms with Crippen LogP contribution in [-0.4, -0.2) is 24.3 Å². The zero-order valence-corrected chi connectivity index (χ0v) is 19.2. The van der Waals surface area contributed by atoms with Gasteiger partial charge >= 0.3 is 5.97 Å².